The van der Waals surface area contributed by atoms with Gasteiger partial charge in [0, 0.05) is 50.5 Å². The van der Waals surface area contributed by atoms with Crippen LogP contribution in [0, 0.1) is 0 Å². The third-order valence-corrected chi connectivity index (χ3v) is 5.36. The molecule has 2 aromatic rings. The van der Waals surface area contributed by atoms with E-state index >= 15 is 0 Å². The summed E-state index contributed by atoms with van der Waals surface area (Å²) in [6.07, 6.45) is 2.20. The zero-order valence-corrected chi connectivity index (χ0v) is 16.9. The van der Waals surface area contributed by atoms with E-state index in [2.05, 4.69) is 48.5 Å². The van der Waals surface area contributed by atoms with E-state index in [0.29, 0.717) is 12.6 Å². The molecule has 5 nitrogen and oxygen atoms in total. The van der Waals surface area contributed by atoms with E-state index in [-0.39, 0.29) is 12.5 Å². The van der Waals surface area contributed by atoms with Crippen LogP contribution < -0.4 is 15.0 Å². The molecular weight excluding hydrogens is 350 g/mol. The van der Waals surface area contributed by atoms with Crippen molar-refractivity contribution in [1.82, 2.24) is 10.2 Å². The monoisotopic (exact) mass is 381 g/mol. The van der Waals surface area contributed by atoms with E-state index in [0.717, 1.165) is 43.8 Å². The lowest BCUT2D eigenvalue weighted by atomic mass is 10.2. The average molecular weight is 382 g/mol. The summed E-state index contributed by atoms with van der Waals surface area (Å²) in [6.45, 7) is 5.60. The molecule has 1 aliphatic heterocycles. The number of ether oxygens (including phenoxy) is 1. The van der Waals surface area contributed by atoms with Crippen LogP contribution in [-0.2, 0) is 11.3 Å². The minimum atomic E-state index is 0.0818. The van der Waals surface area contributed by atoms with Crippen LogP contribution in [0.5, 0.6) is 5.75 Å². The molecule has 0 aliphatic carbocycles. The van der Waals surface area contributed by atoms with E-state index in [1.165, 1.54) is 5.69 Å². The number of amides is 1. The Bertz CT molecular complexity index is 745. The lowest BCUT2D eigenvalue weighted by Gasteiger charge is -2.27. The molecule has 28 heavy (non-hydrogen) atoms. The zero-order chi connectivity index (χ0) is 19.8. The number of carbonyl (C=O) groups excluding carboxylic acids is 1. The molecule has 0 saturated carbocycles. The zero-order valence-electron chi connectivity index (χ0n) is 16.9. The van der Waals surface area contributed by atoms with Gasteiger partial charge in [0.25, 0.3) is 5.91 Å². The van der Waals surface area contributed by atoms with Crippen LogP contribution in [0.3, 0.4) is 0 Å². The van der Waals surface area contributed by atoms with E-state index in [9.17, 15) is 4.79 Å². The fraction of sp³-hybridized carbons (Fsp3) is 0.435. The Labute approximate surface area is 168 Å². The quantitative estimate of drug-likeness (QED) is 0.724. The Hall–Kier alpha value is -2.53. The fourth-order valence-corrected chi connectivity index (χ4v) is 3.46. The lowest BCUT2D eigenvalue weighted by Crippen LogP contribution is -2.37. The summed E-state index contributed by atoms with van der Waals surface area (Å²) in [5.74, 6) is 0.866. The molecule has 1 saturated heterocycles. The Morgan fingerprint density at radius 3 is 2.54 bits per heavy atom. The van der Waals surface area contributed by atoms with Crippen molar-refractivity contribution in [3.63, 3.8) is 0 Å². The Kier molecular flexibility index (Phi) is 7.31. The molecule has 0 bridgehead atoms. The molecule has 1 atom stereocenters. The first-order chi connectivity index (χ1) is 13.6. The largest absolute Gasteiger partial charge is 0.483 e. The number of nitrogens with zero attached hydrogens (tertiary/aromatic N) is 2. The number of likely N-dealkylation sites (tertiary alicyclic amines) is 1. The van der Waals surface area contributed by atoms with Crippen LogP contribution in [0.15, 0.2) is 54.6 Å². The highest BCUT2D eigenvalue weighted by molar-refractivity contribution is 5.78. The molecule has 1 N–H and O–H groups in total. The summed E-state index contributed by atoms with van der Waals surface area (Å²) in [4.78, 5) is 16.4. The number of nitrogens with one attached hydrogen (secondary N) is 1. The fourth-order valence-electron chi connectivity index (χ4n) is 3.46. The van der Waals surface area contributed by atoms with Crippen molar-refractivity contribution in [3.8, 4) is 5.75 Å². The lowest BCUT2D eigenvalue weighted by molar-refractivity contribution is -0.132. The highest BCUT2D eigenvalue weighted by atomic mass is 16.5. The molecule has 1 unspecified atom stereocenters. The van der Waals surface area contributed by atoms with Crippen LogP contribution in [0.2, 0.25) is 0 Å². The van der Waals surface area contributed by atoms with Gasteiger partial charge >= 0.3 is 0 Å². The van der Waals surface area contributed by atoms with Gasteiger partial charge in [0.15, 0.2) is 6.61 Å². The Morgan fingerprint density at radius 2 is 1.79 bits per heavy atom. The third kappa shape index (κ3) is 5.49. The van der Waals surface area contributed by atoms with Gasteiger partial charge in [-0.3, -0.25) is 4.79 Å². The van der Waals surface area contributed by atoms with Gasteiger partial charge in [0.05, 0.1) is 0 Å². The van der Waals surface area contributed by atoms with Crippen LogP contribution in [0.1, 0.15) is 25.3 Å². The molecule has 2 aromatic carbocycles. The van der Waals surface area contributed by atoms with E-state index < -0.39 is 0 Å². The Morgan fingerprint density at radius 1 is 1.11 bits per heavy atom. The number of hydrogen-bond donors (Lipinski definition) is 1. The first-order valence-corrected chi connectivity index (χ1v) is 10.1. The van der Waals surface area contributed by atoms with Gasteiger partial charge < -0.3 is 19.9 Å². The maximum Gasteiger partial charge on any atom is 0.260 e. The van der Waals surface area contributed by atoms with Crippen molar-refractivity contribution in [2.75, 3.05) is 38.2 Å². The maximum absolute atomic E-state index is 12.2. The minimum Gasteiger partial charge on any atom is -0.483 e. The molecular formula is C23H31N3O2. The van der Waals surface area contributed by atoms with Crippen molar-refractivity contribution in [2.24, 2.45) is 0 Å². The normalized spacial score (nSPS) is 14.7. The summed E-state index contributed by atoms with van der Waals surface area (Å²) in [5.41, 5.74) is 2.28. The van der Waals surface area contributed by atoms with Gasteiger partial charge in [-0.2, -0.15) is 0 Å². The highest BCUT2D eigenvalue weighted by Crippen LogP contribution is 2.19. The summed E-state index contributed by atoms with van der Waals surface area (Å²) in [6, 6.07) is 18.7. The summed E-state index contributed by atoms with van der Waals surface area (Å²) in [7, 11) is 2.11. The van der Waals surface area contributed by atoms with Crippen LogP contribution in [0.25, 0.3) is 0 Å². The van der Waals surface area contributed by atoms with Crippen LogP contribution in [0.4, 0.5) is 5.69 Å². The van der Waals surface area contributed by atoms with Gasteiger partial charge in [-0.15, -0.1) is 0 Å². The van der Waals surface area contributed by atoms with E-state index in [1.807, 2.05) is 35.2 Å². The van der Waals surface area contributed by atoms with Crippen LogP contribution in [-0.4, -0.2) is 50.1 Å². The molecule has 150 valence electrons. The molecule has 1 fully saturated rings. The van der Waals surface area contributed by atoms with Gasteiger partial charge in [-0.1, -0.05) is 36.4 Å². The second-order valence-corrected chi connectivity index (χ2v) is 7.41. The van der Waals surface area contributed by atoms with Crippen molar-refractivity contribution in [1.29, 1.82) is 0 Å². The summed E-state index contributed by atoms with van der Waals surface area (Å²) in [5, 5.41) is 3.52. The topological polar surface area (TPSA) is 44.8 Å². The number of benzene rings is 2. The molecule has 1 heterocycles. The smallest absolute Gasteiger partial charge is 0.260 e. The van der Waals surface area contributed by atoms with Gasteiger partial charge in [-0.05, 0) is 38.0 Å². The second-order valence-electron chi connectivity index (χ2n) is 7.41. The summed E-state index contributed by atoms with van der Waals surface area (Å²) >= 11 is 0. The number of hydrogen-bond acceptors (Lipinski definition) is 4. The van der Waals surface area contributed by atoms with Gasteiger partial charge in [0.1, 0.15) is 5.75 Å². The number of rotatable bonds is 9. The number of anilines is 1. The molecule has 0 radical (unpaired) electrons. The predicted molar refractivity (Wildman–Crippen MR) is 114 cm³/mol. The van der Waals surface area contributed by atoms with E-state index in [4.69, 9.17) is 4.74 Å². The molecule has 0 aromatic heterocycles. The third-order valence-electron chi connectivity index (χ3n) is 5.36. The first kappa shape index (κ1) is 20.2. The van der Waals surface area contributed by atoms with Crippen molar-refractivity contribution in [2.45, 2.75) is 32.4 Å². The minimum absolute atomic E-state index is 0.0818. The maximum atomic E-state index is 12.2. The van der Waals surface area contributed by atoms with Crippen molar-refractivity contribution in [3.05, 3.63) is 60.2 Å². The summed E-state index contributed by atoms with van der Waals surface area (Å²) < 4.78 is 5.84. The molecule has 0 spiro atoms. The van der Waals surface area contributed by atoms with Crippen molar-refractivity contribution < 1.29 is 9.53 Å². The van der Waals surface area contributed by atoms with Crippen molar-refractivity contribution >= 4 is 11.6 Å². The highest BCUT2D eigenvalue weighted by Gasteiger charge is 2.18. The van der Waals surface area contributed by atoms with Gasteiger partial charge in [-0.25, -0.2) is 0 Å². The second kappa shape index (κ2) is 10.1. The molecule has 1 amide bonds. The number of para-hydroxylation sites is 2. The molecule has 3 rings (SSSR count). The molecule has 1 aliphatic rings. The van der Waals surface area contributed by atoms with Crippen LogP contribution >= 0.6 is 0 Å². The van der Waals surface area contributed by atoms with Gasteiger partial charge in [0.2, 0.25) is 0 Å². The Balaban J connectivity index is 1.48. The number of carbonyl (C=O) groups is 1. The first-order valence-electron chi connectivity index (χ1n) is 10.1. The standard InChI is InChI=1S/C23H31N3O2/c1-19(25(2)21-11-4-3-5-12-21)16-24-17-20-10-6-7-13-22(20)28-18-23(27)26-14-8-9-15-26/h3-7,10-13,19,24H,8-9,14-18H2,1-2H3. The number of likely N-dealkylation sites (N-methyl/N-ethyl adjacent to an activating group) is 1. The molecule has 5 heteroatoms. The predicted octanol–water partition coefficient (Wildman–Crippen LogP) is 3.30. The van der Waals surface area contributed by atoms with E-state index in [1.54, 1.807) is 0 Å². The average Bonchev–Trinajstić information content (AvgIpc) is 3.28. The SMILES string of the molecule is CC(CNCc1ccccc1OCC(=O)N1CCCC1)N(C)c1ccccc1.